The van der Waals surface area contributed by atoms with Gasteiger partial charge in [0.2, 0.25) is 0 Å². The lowest BCUT2D eigenvalue weighted by molar-refractivity contribution is 0.0289. The number of hydrogen-bond acceptors (Lipinski definition) is 3. The van der Waals surface area contributed by atoms with Crippen LogP contribution in [0.5, 0.6) is 5.75 Å². The van der Waals surface area contributed by atoms with Gasteiger partial charge in [0.1, 0.15) is 5.75 Å². The monoisotopic (exact) mass is 263 g/mol. The lowest BCUT2D eigenvalue weighted by Crippen LogP contribution is -2.32. The zero-order chi connectivity index (χ0) is 13.7. The third kappa shape index (κ3) is 3.10. The molecular weight excluding hydrogens is 238 g/mol. The first-order chi connectivity index (χ1) is 9.31. The number of likely N-dealkylation sites (N-methyl/N-ethyl adjacent to an activating group) is 1. The van der Waals surface area contributed by atoms with E-state index in [-0.39, 0.29) is 12.1 Å². The molecule has 106 valence electrons. The van der Waals surface area contributed by atoms with E-state index < -0.39 is 0 Å². The van der Waals surface area contributed by atoms with Crippen molar-refractivity contribution >= 4 is 0 Å². The topological polar surface area (TPSA) is 30.5 Å². The Morgan fingerprint density at radius 2 is 2.21 bits per heavy atom. The molecule has 0 amide bonds. The molecule has 3 heteroatoms. The summed E-state index contributed by atoms with van der Waals surface area (Å²) in [5.74, 6) is 1.07. The van der Waals surface area contributed by atoms with Crippen LogP contribution < -0.4 is 10.1 Å². The van der Waals surface area contributed by atoms with E-state index in [9.17, 15) is 0 Å². The quantitative estimate of drug-likeness (QED) is 0.820. The van der Waals surface area contributed by atoms with Crippen molar-refractivity contribution < 1.29 is 9.47 Å². The molecule has 3 nitrogen and oxygen atoms in total. The number of nitrogens with one attached hydrogen (secondary N) is 1. The largest absolute Gasteiger partial charge is 0.493 e. The highest BCUT2D eigenvalue weighted by molar-refractivity contribution is 5.46. The van der Waals surface area contributed by atoms with Crippen molar-refractivity contribution in [3.63, 3.8) is 0 Å². The highest BCUT2D eigenvalue weighted by Gasteiger charge is 2.27. The maximum Gasteiger partial charge on any atom is 0.127 e. The summed E-state index contributed by atoms with van der Waals surface area (Å²) in [6.45, 7) is 5.81. The number of hydrogen-bond donors (Lipinski definition) is 1. The third-order valence-corrected chi connectivity index (χ3v) is 3.72. The van der Waals surface area contributed by atoms with Crippen LogP contribution in [0.3, 0.4) is 0 Å². The lowest BCUT2D eigenvalue weighted by Gasteiger charge is -2.28. The average Bonchev–Trinajstić information content (AvgIpc) is 2.89. The molecular formula is C16H25NO2. The lowest BCUT2D eigenvalue weighted by atomic mass is 9.95. The van der Waals surface area contributed by atoms with Crippen LogP contribution >= 0.6 is 0 Å². The Morgan fingerprint density at radius 1 is 1.37 bits per heavy atom. The van der Waals surface area contributed by atoms with Gasteiger partial charge in [-0.1, -0.05) is 31.5 Å². The van der Waals surface area contributed by atoms with Crippen molar-refractivity contribution in [1.29, 1.82) is 0 Å². The summed E-state index contributed by atoms with van der Waals surface area (Å²) in [5, 5.41) is 3.41. The summed E-state index contributed by atoms with van der Waals surface area (Å²) in [5.41, 5.74) is 2.56. The molecule has 2 rings (SSSR count). The molecule has 1 aromatic carbocycles. The smallest absolute Gasteiger partial charge is 0.127 e. The second-order valence-corrected chi connectivity index (χ2v) is 4.98. The first-order valence-electron chi connectivity index (χ1n) is 7.35. The Labute approximate surface area is 116 Å². The van der Waals surface area contributed by atoms with Gasteiger partial charge in [-0.3, -0.25) is 0 Å². The van der Waals surface area contributed by atoms with Crippen LogP contribution in [0, 0.1) is 0 Å². The van der Waals surface area contributed by atoms with Crippen LogP contribution in [-0.4, -0.2) is 26.4 Å². The molecule has 2 unspecified atom stereocenters. The number of para-hydroxylation sites is 1. The molecule has 0 bridgehead atoms. The van der Waals surface area contributed by atoms with Gasteiger partial charge in [0.25, 0.3) is 0 Å². The molecule has 0 aromatic heterocycles. The maximum atomic E-state index is 5.93. The molecule has 1 aliphatic rings. The van der Waals surface area contributed by atoms with Crippen molar-refractivity contribution in [3.8, 4) is 5.75 Å². The second-order valence-electron chi connectivity index (χ2n) is 4.98. The van der Waals surface area contributed by atoms with E-state index in [0.29, 0.717) is 0 Å². The molecule has 1 aliphatic heterocycles. The van der Waals surface area contributed by atoms with Gasteiger partial charge in [0, 0.05) is 18.6 Å². The van der Waals surface area contributed by atoms with Crippen molar-refractivity contribution in [2.75, 3.05) is 20.3 Å². The van der Waals surface area contributed by atoms with Crippen LogP contribution in [0.25, 0.3) is 0 Å². The fraction of sp³-hybridized carbons (Fsp3) is 0.625. The van der Waals surface area contributed by atoms with Crippen LogP contribution in [0.2, 0.25) is 0 Å². The Bertz CT molecular complexity index is 400. The molecule has 2 atom stereocenters. The SMILES string of the molecule is CCCC(OCC)C(NC)c1cccc2c1OCC2. The van der Waals surface area contributed by atoms with Crippen LogP contribution in [0.15, 0.2) is 18.2 Å². The molecule has 0 spiro atoms. The van der Waals surface area contributed by atoms with Gasteiger partial charge in [-0.25, -0.2) is 0 Å². The van der Waals surface area contributed by atoms with Gasteiger partial charge in [0.15, 0.2) is 0 Å². The van der Waals surface area contributed by atoms with E-state index in [2.05, 4.69) is 37.4 Å². The normalized spacial score (nSPS) is 16.8. The van der Waals surface area contributed by atoms with Gasteiger partial charge >= 0.3 is 0 Å². The van der Waals surface area contributed by atoms with Crippen LogP contribution in [0.1, 0.15) is 43.9 Å². The maximum absolute atomic E-state index is 5.93. The van der Waals surface area contributed by atoms with Gasteiger partial charge in [-0.05, 0) is 26.0 Å². The van der Waals surface area contributed by atoms with Gasteiger partial charge in [-0.2, -0.15) is 0 Å². The number of ether oxygens (including phenoxy) is 2. The van der Waals surface area contributed by atoms with E-state index in [1.807, 2.05) is 7.05 Å². The third-order valence-electron chi connectivity index (χ3n) is 3.72. The molecule has 0 aliphatic carbocycles. The summed E-state index contributed by atoms with van der Waals surface area (Å²) >= 11 is 0. The van der Waals surface area contributed by atoms with Crippen LogP contribution in [-0.2, 0) is 11.2 Å². The molecule has 1 N–H and O–H groups in total. The molecule has 0 saturated carbocycles. The highest BCUT2D eigenvalue weighted by Crippen LogP contribution is 2.36. The molecule has 0 saturated heterocycles. The fourth-order valence-electron chi connectivity index (χ4n) is 2.87. The number of benzene rings is 1. The van der Waals surface area contributed by atoms with Crippen LogP contribution in [0.4, 0.5) is 0 Å². The van der Waals surface area contributed by atoms with Crippen molar-refractivity contribution in [3.05, 3.63) is 29.3 Å². The average molecular weight is 263 g/mol. The molecule has 19 heavy (non-hydrogen) atoms. The molecule has 0 fully saturated rings. The predicted octanol–water partition coefficient (Wildman–Crippen LogP) is 3.09. The second kappa shape index (κ2) is 6.92. The minimum absolute atomic E-state index is 0.202. The van der Waals surface area contributed by atoms with Crippen molar-refractivity contribution in [2.24, 2.45) is 0 Å². The Morgan fingerprint density at radius 3 is 2.89 bits per heavy atom. The van der Waals surface area contributed by atoms with E-state index in [1.54, 1.807) is 0 Å². The number of rotatable bonds is 7. The molecule has 0 radical (unpaired) electrons. The first kappa shape index (κ1) is 14.4. The van der Waals surface area contributed by atoms with Crippen molar-refractivity contribution in [1.82, 2.24) is 5.32 Å². The minimum atomic E-state index is 0.202. The van der Waals surface area contributed by atoms with Gasteiger partial charge in [0.05, 0.1) is 18.8 Å². The molecule has 1 aromatic rings. The van der Waals surface area contributed by atoms with E-state index in [1.165, 1.54) is 11.1 Å². The summed E-state index contributed by atoms with van der Waals surface area (Å²) in [6, 6.07) is 6.65. The first-order valence-corrected chi connectivity index (χ1v) is 7.35. The van der Waals surface area contributed by atoms with Gasteiger partial charge in [-0.15, -0.1) is 0 Å². The summed E-state index contributed by atoms with van der Waals surface area (Å²) in [7, 11) is 2.00. The Hall–Kier alpha value is -1.06. The predicted molar refractivity (Wildman–Crippen MR) is 77.8 cm³/mol. The summed E-state index contributed by atoms with van der Waals surface area (Å²) in [6.07, 6.45) is 3.41. The summed E-state index contributed by atoms with van der Waals surface area (Å²) in [4.78, 5) is 0. The standard InChI is InChI=1S/C16H25NO2/c1-4-7-14(18-5-2)15(17-3)13-9-6-8-12-10-11-19-16(12)13/h6,8-9,14-15,17H,4-5,7,10-11H2,1-3H3. The van der Waals surface area contributed by atoms with E-state index in [4.69, 9.17) is 9.47 Å². The van der Waals surface area contributed by atoms with Gasteiger partial charge < -0.3 is 14.8 Å². The van der Waals surface area contributed by atoms with Crippen molar-refractivity contribution in [2.45, 2.75) is 45.3 Å². The number of fused-ring (bicyclic) bond motifs is 1. The highest BCUT2D eigenvalue weighted by atomic mass is 16.5. The Kier molecular flexibility index (Phi) is 5.23. The summed E-state index contributed by atoms with van der Waals surface area (Å²) < 4.78 is 11.8. The zero-order valence-corrected chi connectivity index (χ0v) is 12.2. The zero-order valence-electron chi connectivity index (χ0n) is 12.2. The minimum Gasteiger partial charge on any atom is -0.493 e. The van der Waals surface area contributed by atoms with E-state index in [0.717, 1.165) is 38.2 Å². The Balaban J connectivity index is 2.27. The van der Waals surface area contributed by atoms with E-state index >= 15 is 0 Å². The molecule has 1 heterocycles. The fourth-order valence-corrected chi connectivity index (χ4v) is 2.87.